The Labute approximate surface area is 116 Å². The minimum absolute atomic E-state index is 0.139. The van der Waals surface area contributed by atoms with Gasteiger partial charge in [-0.3, -0.25) is 4.72 Å². The van der Waals surface area contributed by atoms with Crippen molar-refractivity contribution < 1.29 is 8.42 Å². The van der Waals surface area contributed by atoms with Gasteiger partial charge in [0.15, 0.2) is 0 Å². The van der Waals surface area contributed by atoms with Crippen LogP contribution >= 0.6 is 0 Å². The monoisotopic (exact) mass is 284 g/mol. The third-order valence-corrected chi connectivity index (χ3v) is 4.16. The zero-order valence-corrected chi connectivity index (χ0v) is 13.0. The maximum absolute atomic E-state index is 12.0. The summed E-state index contributed by atoms with van der Waals surface area (Å²) in [5, 5.41) is 3.21. The van der Waals surface area contributed by atoms with Gasteiger partial charge in [0.25, 0.3) is 0 Å². The molecule has 0 spiro atoms. The Morgan fingerprint density at radius 3 is 2.53 bits per heavy atom. The van der Waals surface area contributed by atoms with Crippen LogP contribution in [0.2, 0.25) is 0 Å². The van der Waals surface area contributed by atoms with Crippen molar-refractivity contribution in [2.24, 2.45) is 0 Å². The molecule has 0 unspecified atom stereocenters. The van der Waals surface area contributed by atoms with Crippen LogP contribution in [0.15, 0.2) is 18.2 Å². The summed E-state index contributed by atoms with van der Waals surface area (Å²) in [5.41, 5.74) is 2.66. The summed E-state index contributed by atoms with van der Waals surface area (Å²) in [6.07, 6.45) is 0.610. The average Bonchev–Trinajstić information content (AvgIpc) is 2.29. The van der Waals surface area contributed by atoms with E-state index in [0.29, 0.717) is 24.7 Å². The molecule has 5 heteroatoms. The molecular formula is C14H24N2O2S. The average molecular weight is 284 g/mol. The number of benzene rings is 1. The lowest BCUT2D eigenvalue weighted by molar-refractivity contribution is 0.571. The van der Waals surface area contributed by atoms with Gasteiger partial charge in [-0.25, -0.2) is 8.42 Å². The molecule has 19 heavy (non-hydrogen) atoms. The lowest BCUT2D eigenvalue weighted by Crippen LogP contribution is -2.26. The fraction of sp³-hybridized carbons (Fsp3) is 0.571. The van der Waals surface area contributed by atoms with Crippen LogP contribution in [0.3, 0.4) is 0 Å². The van der Waals surface area contributed by atoms with Gasteiger partial charge in [0, 0.05) is 6.04 Å². The van der Waals surface area contributed by atoms with Crippen molar-refractivity contribution in [1.29, 1.82) is 0 Å². The number of nitrogens with one attached hydrogen (secondary N) is 2. The van der Waals surface area contributed by atoms with Crippen LogP contribution in [0, 0.1) is 13.8 Å². The largest absolute Gasteiger partial charge is 0.314 e. The van der Waals surface area contributed by atoms with Crippen molar-refractivity contribution in [2.45, 2.75) is 40.2 Å². The number of anilines is 1. The lowest BCUT2D eigenvalue weighted by atomic mass is 10.1. The van der Waals surface area contributed by atoms with Gasteiger partial charge < -0.3 is 5.32 Å². The zero-order chi connectivity index (χ0) is 14.5. The molecular weight excluding hydrogens is 260 g/mol. The SMILES string of the molecule is Cc1ccc(C)c(NS(=O)(=O)CCCNC(C)C)c1. The lowest BCUT2D eigenvalue weighted by Gasteiger charge is -2.12. The van der Waals surface area contributed by atoms with E-state index in [1.165, 1.54) is 0 Å². The maximum Gasteiger partial charge on any atom is 0.232 e. The Morgan fingerprint density at radius 2 is 1.89 bits per heavy atom. The molecule has 0 bridgehead atoms. The summed E-state index contributed by atoms with van der Waals surface area (Å²) in [7, 11) is -3.26. The molecule has 0 saturated carbocycles. The highest BCUT2D eigenvalue weighted by Crippen LogP contribution is 2.17. The highest BCUT2D eigenvalue weighted by atomic mass is 32.2. The first-order valence-electron chi connectivity index (χ1n) is 6.61. The number of sulfonamides is 1. The third-order valence-electron chi connectivity index (χ3n) is 2.80. The molecule has 0 saturated heterocycles. The molecule has 1 aromatic carbocycles. The first kappa shape index (κ1) is 16.0. The normalized spacial score (nSPS) is 11.8. The van der Waals surface area contributed by atoms with E-state index in [1.54, 1.807) is 0 Å². The second kappa shape index (κ2) is 6.91. The van der Waals surface area contributed by atoms with Crippen molar-refractivity contribution >= 4 is 15.7 Å². The Hall–Kier alpha value is -1.07. The molecule has 108 valence electrons. The topological polar surface area (TPSA) is 58.2 Å². The van der Waals surface area contributed by atoms with E-state index in [2.05, 4.69) is 10.0 Å². The summed E-state index contributed by atoms with van der Waals surface area (Å²) < 4.78 is 26.6. The zero-order valence-electron chi connectivity index (χ0n) is 12.2. The minimum Gasteiger partial charge on any atom is -0.314 e. The molecule has 0 atom stereocenters. The molecule has 0 amide bonds. The number of rotatable bonds is 7. The Balaban J connectivity index is 2.57. The van der Waals surface area contributed by atoms with Crippen LogP contribution in [0.1, 0.15) is 31.4 Å². The van der Waals surface area contributed by atoms with Crippen molar-refractivity contribution in [3.05, 3.63) is 29.3 Å². The number of aryl methyl sites for hydroxylation is 2. The van der Waals surface area contributed by atoms with E-state index < -0.39 is 10.0 Å². The van der Waals surface area contributed by atoms with Gasteiger partial charge >= 0.3 is 0 Å². The molecule has 1 rings (SSSR count). The van der Waals surface area contributed by atoms with Crippen LogP contribution in [0.4, 0.5) is 5.69 Å². The van der Waals surface area contributed by atoms with Crippen LogP contribution in [0.5, 0.6) is 0 Å². The van der Waals surface area contributed by atoms with Crippen LogP contribution < -0.4 is 10.0 Å². The summed E-state index contributed by atoms with van der Waals surface area (Å²) >= 11 is 0. The highest BCUT2D eigenvalue weighted by molar-refractivity contribution is 7.92. The first-order valence-corrected chi connectivity index (χ1v) is 8.26. The van der Waals surface area contributed by atoms with Gasteiger partial charge in [0.05, 0.1) is 11.4 Å². The molecule has 1 aromatic rings. The Kier molecular flexibility index (Phi) is 5.82. The fourth-order valence-electron chi connectivity index (χ4n) is 1.72. The van der Waals surface area contributed by atoms with Crippen LogP contribution in [-0.4, -0.2) is 26.8 Å². The van der Waals surface area contributed by atoms with Gasteiger partial charge in [-0.05, 0) is 44.0 Å². The van der Waals surface area contributed by atoms with E-state index in [9.17, 15) is 8.42 Å². The molecule has 0 heterocycles. The highest BCUT2D eigenvalue weighted by Gasteiger charge is 2.11. The molecule has 0 aromatic heterocycles. The smallest absolute Gasteiger partial charge is 0.232 e. The standard InChI is InChI=1S/C14H24N2O2S/c1-11(2)15-8-5-9-19(17,18)16-14-10-12(3)6-7-13(14)4/h6-7,10-11,15-16H,5,8-9H2,1-4H3. The van der Waals surface area contributed by atoms with Gasteiger partial charge in [-0.2, -0.15) is 0 Å². The second-order valence-electron chi connectivity index (χ2n) is 5.20. The van der Waals surface area contributed by atoms with Gasteiger partial charge in [0.2, 0.25) is 10.0 Å². The van der Waals surface area contributed by atoms with Crippen molar-refractivity contribution in [3.8, 4) is 0 Å². The molecule has 0 aliphatic heterocycles. The second-order valence-corrected chi connectivity index (χ2v) is 7.04. The summed E-state index contributed by atoms with van der Waals surface area (Å²) in [6, 6.07) is 6.14. The molecule has 0 fully saturated rings. The van der Waals surface area contributed by atoms with Crippen LogP contribution in [-0.2, 0) is 10.0 Å². The molecule has 0 aliphatic carbocycles. The minimum atomic E-state index is -3.26. The van der Waals surface area contributed by atoms with Gasteiger partial charge in [-0.15, -0.1) is 0 Å². The predicted octanol–water partition coefficient (Wildman–Crippen LogP) is 2.43. The van der Waals surface area contributed by atoms with Gasteiger partial charge in [-0.1, -0.05) is 26.0 Å². The molecule has 4 nitrogen and oxygen atoms in total. The van der Waals surface area contributed by atoms with E-state index >= 15 is 0 Å². The maximum atomic E-state index is 12.0. The Morgan fingerprint density at radius 1 is 1.21 bits per heavy atom. The summed E-state index contributed by atoms with van der Waals surface area (Å²) in [6.45, 7) is 8.65. The number of hydrogen-bond donors (Lipinski definition) is 2. The third kappa shape index (κ3) is 6.07. The molecule has 0 aliphatic rings. The fourth-order valence-corrected chi connectivity index (χ4v) is 2.90. The quantitative estimate of drug-likeness (QED) is 0.756. The van der Waals surface area contributed by atoms with Gasteiger partial charge in [0.1, 0.15) is 0 Å². The summed E-state index contributed by atoms with van der Waals surface area (Å²) in [5.74, 6) is 0.139. The number of hydrogen-bond acceptors (Lipinski definition) is 3. The van der Waals surface area contributed by atoms with Crippen molar-refractivity contribution in [3.63, 3.8) is 0 Å². The van der Waals surface area contributed by atoms with E-state index in [1.807, 2.05) is 45.9 Å². The summed E-state index contributed by atoms with van der Waals surface area (Å²) in [4.78, 5) is 0. The predicted molar refractivity (Wildman–Crippen MR) is 81.1 cm³/mol. The van der Waals surface area contributed by atoms with Crippen molar-refractivity contribution in [2.75, 3.05) is 17.0 Å². The first-order chi connectivity index (χ1) is 8.80. The van der Waals surface area contributed by atoms with E-state index in [-0.39, 0.29) is 5.75 Å². The van der Waals surface area contributed by atoms with Crippen LogP contribution in [0.25, 0.3) is 0 Å². The Bertz CT molecular complexity index is 510. The van der Waals surface area contributed by atoms with E-state index in [4.69, 9.17) is 0 Å². The van der Waals surface area contributed by atoms with E-state index in [0.717, 1.165) is 11.1 Å². The molecule has 2 N–H and O–H groups in total. The van der Waals surface area contributed by atoms with Crippen molar-refractivity contribution in [1.82, 2.24) is 5.32 Å². The molecule has 0 radical (unpaired) electrons.